The van der Waals surface area contributed by atoms with Crippen LogP contribution in [0.3, 0.4) is 0 Å². The maximum atomic E-state index is 13.2. The van der Waals surface area contributed by atoms with Gasteiger partial charge in [0.15, 0.2) is 0 Å². The van der Waals surface area contributed by atoms with Crippen LogP contribution in [-0.2, 0) is 23.8 Å². The molecule has 0 aliphatic heterocycles. The molecular weight excluding hydrogens is 557 g/mol. The highest BCUT2D eigenvalue weighted by molar-refractivity contribution is 7.84. The molecule has 1 atom stereocenters. The van der Waals surface area contributed by atoms with Gasteiger partial charge in [0.2, 0.25) is 0 Å². The van der Waals surface area contributed by atoms with Crippen molar-refractivity contribution >= 4 is 37.3 Å². The van der Waals surface area contributed by atoms with Crippen LogP contribution in [0.4, 0.5) is 0 Å². The average Bonchev–Trinajstić information content (AvgIpc) is 3.36. The van der Waals surface area contributed by atoms with E-state index in [0.29, 0.717) is 12.0 Å². The molecule has 0 spiro atoms. The van der Waals surface area contributed by atoms with E-state index < -0.39 is 44.1 Å². The summed E-state index contributed by atoms with van der Waals surface area (Å²) in [5.74, 6) is -0.813. The van der Waals surface area contributed by atoms with Gasteiger partial charge in [-0.15, -0.1) is 0 Å². The number of nitrogens with zero attached hydrogens (tertiary/aromatic N) is 1. The van der Waals surface area contributed by atoms with Gasteiger partial charge in [0, 0.05) is 18.5 Å². The molecule has 1 unspecified atom stereocenters. The topological polar surface area (TPSA) is 134 Å². The summed E-state index contributed by atoms with van der Waals surface area (Å²) in [4.78, 5) is 31.0. The Morgan fingerprint density at radius 3 is 2.03 bits per heavy atom. The quantitative estimate of drug-likeness (QED) is 0.0849. The Hall–Kier alpha value is -0.973. The molecule has 0 aromatic carbocycles. The van der Waals surface area contributed by atoms with Gasteiger partial charge >= 0.3 is 23.9 Å². The maximum Gasteiger partial charge on any atom is 0.388 e. The molecule has 1 heterocycles. The Labute approximate surface area is 237 Å². The monoisotopic (exact) mass is 609 g/mol. The summed E-state index contributed by atoms with van der Waals surface area (Å²) in [5.41, 5.74) is 0.631. The van der Waals surface area contributed by atoms with Crippen LogP contribution in [0.1, 0.15) is 117 Å². The second-order valence-electron chi connectivity index (χ2n) is 10.6. The molecule has 1 aromatic heterocycles. The fraction of sp³-hybridized carbons (Fsp3) is 0.815. The van der Waals surface area contributed by atoms with E-state index in [-0.39, 0.29) is 19.4 Å². The molecule has 228 valence electrons. The number of rotatable bonds is 22. The molecule has 2 N–H and O–H groups in total. The van der Waals surface area contributed by atoms with Gasteiger partial charge in [-0.3, -0.25) is 9.36 Å². The van der Waals surface area contributed by atoms with E-state index in [1.54, 1.807) is 13.2 Å². The first kappa shape index (κ1) is 36.1. The Bertz CT molecular complexity index is 981. The molecule has 0 saturated carbocycles. The van der Waals surface area contributed by atoms with E-state index in [9.17, 15) is 27.6 Å². The van der Waals surface area contributed by atoms with Crippen molar-refractivity contribution in [3.63, 3.8) is 0 Å². The molecule has 0 radical (unpaired) electrons. The normalized spacial score (nSPS) is 13.6. The van der Waals surface area contributed by atoms with Crippen molar-refractivity contribution in [3.05, 3.63) is 17.9 Å². The predicted molar refractivity (Wildman–Crippen MR) is 159 cm³/mol. The summed E-state index contributed by atoms with van der Waals surface area (Å²) in [6.45, 7) is 10.1. The number of carbonyl (C=O) groups excluding carboxylic acids is 1. The fourth-order valence-corrected chi connectivity index (χ4v) is 10.2. The minimum absolute atomic E-state index is 0.00719. The lowest BCUT2D eigenvalue weighted by Gasteiger charge is -2.27. The molecule has 9 nitrogen and oxygen atoms in total. The van der Waals surface area contributed by atoms with Gasteiger partial charge in [0.1, 0.15) is 8.07 Å². The standard InChI is InChI=1S/C27H52NO8PSSi/c1-6-10-11-12-13-14-15-16-17-19-26(29)36-38(33,34)28(20-18-21-37(30,31)32)24(5)25-22-27(35-23-25)39(7-2,8-3)9-4/h22-24H,6-21H2,1-5H3,(H2,30,31,32). The molecule has 0 aliphatic rings. The van der Waals surface area contributed by atoms with Gasteiger partial charge in [0.25, 0.3) is 0 Å². The summed E-state index contributed by atoms with van der Waals surface area (Å²) in [6, 6.07) is 4.18. The molecular formula is C27H52NO8PSSi. The predicted octanol–water partition coefficient (Wildman–Crippen LogP) is 6.63. The zero-order valence-corrected chi connectivity index (χ0v) is 27.4. The van der Waals surface area contributed by atoms with E-state index >= 15 is 0 Å². The summed E-state index contributed by atoms with van der Waals surface area (Å²) in [6.07, 6.45) is 10.6. The summed E-state index contributed by atoms with van der Waals surface area (Å²) >= 11 is 0. The third-order valence-electron chi connectivity index (χ3n) is 7.88. The lowest BCUT2D eigenvalue weighted by Crippen LogP contribution is -2.45. The molecule has 0 bridgehead atoms. The molecule has 0 amide bonds. The summed E-state index contributed by atoms with van der Waals surface area (Å²) in [5, 5.41) is 0.909. The smallest absolute Gasteiger partial charge is 0.388 e. The van der Waals surface area contributed by atoms with Gasteiger partial charge in [-0.05, 0) is 25.8 Å². The molecule has 39 heavy (non-hydrogen) atoms. The molecule has 1 rings (SSSR count). The SMILES string of the molecule is CCCCCCCCCCCC(=O)OS(=O)(=O)N(CCCP(=O)(O)O)C(C)c1coc([Si](CC)(CC)CC)c1. The van der Waals surface area contributed by atoms with Gasteiger partial charge in [0.05, 0.1) is 23.9 Å². The van der Waals surface area contributed by atoms with E-state index in [4.69, 9.17) is 8.60 Å². The number of unbranched alkanes of at least 4 members (excludes halogenated alkanes) is 8. The Morgan fingerprint density at radius 2 is 1.51 bits per heavy atom. The Kier molecular flexibility index (Phi) is 16.4. The lowest BCUT2D eigenvalue weighted by atomic mass is 10.1. The largest absolute Gasteiger partial charge is 0.474 e. The van der Waals surface area contributed by atoms with E-state index in [1.165, 1.54) is 32.1 Å². The van der Waals surface area contributed by atoms with Crippen LogP contribution in [0.2, 0.25) is 18.1 Å². The van der Waals surface area contributed by atoms with Crippen LogP contribution in [0.5, 0.6) is 0 Å². The van der Waals surface area contributed by atoms with Gasteiger partial charge in [-0.1, -0.05) is 97.2 Å². The third kappa shape index (κ3) is 12.6. The highest BCUT2D eigenvalue weighted by atomic mass is 32.2. The summed E-state index contributed by atoms with van der Waals surface area (Å²) < 4.78 is 49.7. The van der Waals surface area contributed by atoms with Crippen LogP contribution in [0.15, 0.2) is 16.7 Å². The number of carbonyl (C=O) groups is 1. The highest BCUT2D eigenvalue weighted by Gasteiger charge is 2.36. The number of furan rings is 1. The van der Waals surface area contributed by atoms with Crippen molar-refractivity contribution in [1.29, 1.82) is 0 Å². The molecule has 0 fully saturated rings. The maximum absolute atomic E-state index is 13.2. The molecule has 12 heteroatoms. The van der Waals surface area contributed by atoms with Crippen LogP contribution >= 0.6 is 7.60 Å². The van der Waals surface area contributed by atoms with Crippen molar-refractivity contribution in [2.24, 2.45) is 0 Å². The van der Waals surface area contributed by atoms with Crippen molar-refractivity contribution in [2.75, 3.05) is 12.7 Å². The summed E-state index contributed by atoms with van der Waals surface area (Å²) in [7, 11) is -10.6. The highest BCUT2D eigenvalue weighted by Crippen LogP contribution is 2.36. The van der Waals surface area contributed by atoms with Crippen molar-refractivity contribution in [2.45, 2.75) is 129 Å². The lowest BCUT2D eigenvalue weighted by molar-refractivity contribution is -0.134. The zero-order chi connectivity index (χ0) is 29.5. The Balaban J connectivity index is 2.87. The Morgan fingerprint density at radius 1 is 0.974 bits per heavy atom. The van der Waals surface area contributed by atoms with Crippen LogP contribution < -0.4 is 5.38 Å². The van der Waals surface area contributed by atoms with Crippen molar-refractivity contribution < 1.29 is 36.2 Å². The molecule has 0 saturated heterocycles. The van der Waals surface area contributed by atoms with Crippen LogP contribution in [-0.4, -0.2) is 49.3 Å². The average molecular weight is 610 g/mol. The first-order chi connectivity index (χ1) is 18.4. The van der Waals surface area contributed by atoms with E-state index in [1.807, 2.05) is 6.07 Å². The van der Waals surface area contributed by atoms with E-state index in [2.05, 4.69) is 27.7 Å². The third-order valence-corrected chi connectivity index (χ3v) is 15.6. The zero-order valence-electron chi connectivity index (χ0n) is 24.7. The van der Waals surface area contributed by atoms with Gasteiger partial charge < -0.3 is 18.4 Å². The number of hydrogen-bond donors (Lipinski definition) is 2. The van der Waals surface area contributed by atoms with Gasteiger partial charge in [-0.25, -0.2) is 0 Å². The molecule has 1 aromatic rings. The van der Waals surface area contributed by atoms with Crippen LogP contribution in [0.25, 0.3) is 0 Å². The fourth-order valence-electron chi connectivity index (χ4n) is 5.01. The van der Waals surface area contributed by atoms with Crippen molar-refractivity contribution in [1.82, 2.24) is 4.31 Å². The van der Waals surface area contributed by atoms with Gasteiger partial charge in [-0.2, -0.15) is 12.7 Å². The van der Waals surface area contributed by atoms with Crippen LogP contribution in [0, 0.1) is 0 Å². The van der Waals surface area contributed by atoms with E-state index in [0.717, 1.165) is 47.1 Å². The first-order valence-electron chi connectivity index (χ1n) is 14.7. The minimum atomic E-state index is -4.49. The molecule has 0 aliphatic carbocycles. The second-order valence-corrected chi connectivity index (χ2v) is 19.0. The van der Waals surface area contributed by atoms with Crippen molar-refractivity contribution in [3.8, 4) is 0 Å². The first-order valence-corrected chi connectivity index (χ1v) is 20.5. The second kappa shape index (κ2) is 17.8. The number of hydrogen-bond acceptors (Lipinski definition) is 6. The minimum Gasteiger partial charge on any atom is -0.474 e.